The van der Waals surface area contributed by atoms with Gasteiger partial charge in [-0.2, -0.15) is 0 Å². The van der Waals surface area contributed by atoms with Crippen molar-refractivity contribution >= 4 is 19.7 Å². The Morgan fingerprint density at radius 3 is 2.47 bits per heavy atom. The molecule has 0 atom stereocenters. The van der Waals surface area contributed by atoms with E-state index in [1.807, 2.05) is 43.3 Å². The molecular weight excluding hydrogens is 254 g/mol. The van der Waals surface area contributed by atoms with Crippen LogP contribution in [0.2, 0.25) is 19.6 Å². The SMILES string of the molecule is CC(=Nc1ccccc1O[Si](C)(C)C)c1ccco1. The molecule has 0 saturated carbocycles. The maximum Gasteiger partial charge on any atom is 0.242 e. The zero-order valence-electron chi connectivity index (χ0n) is 11.8. The first-order valence-electron chi connectivity index (χ1n) is 6.33. The maximum atomic E-state index is 6.05. The van der Waals surface area contributed by atoms with E-state index in [9.17, 15) is 0 Å². The third-order valence-electron chi connectivity index (χ3n) is 2.45. The second kappa shape index (κ2) is 5.44. The summed E-state index contributed by atoms with van der Waals surface area (Å²) >= 11 is 0. The second-order valence-electron chi connectivity index (χ2n) is 5.36. The van der Waals surface area contributed by atoms with E-state index in [0.717, 1.165) is 22.9 Å². The van der Waals surface area contributed by atoms with Gasteiger partial charge in [0.15, 0.2) is 0 Å². The van der Waals surface area contributed by atoms with Crippen LogP contribution in [0.1, 0.15) is 12.7 Å². The summed E-state index contributed by atoms with van der Waals surface area (Å²) in [6.45, 7) is 8.41. The lowest BCUT2D eigenvalue weighted by Gasteiger charge is -2.20. The highest BCUT2D eigenvalue weighted by Crippen LogP contribution is 2.29. The van der Waals surface area contributed by atoms with Gasteiger partial charge in [0.25, 0.3) is 0 Å². The average Bonchev–Trinajstić information content (AvgIpc) is 2.83. The fourth-order valence-electron chi connectivity index (χ4n) is 1.69. The maximum absolute atomic E-state index is 6.05. The number of aliphatic imine (C=N–C) groups is 1. The Kier molecular flexibility index (Phi) is 3.90. The molecule has 0 bridgehead atoms. The molecule has 0 fully saturated rings. The average molecular weight is 273 g/mol. The van der Waals surface area contributed by atoms with Crippen LogP contribution in [0, 0.1) is 0 Å². The molecule has 4 heteroatoms. The van der Waals surface area contributed by atoms with E-state index in [1.54, 1.807) is 6.26 Å². The Morgan fingerprint density at radius 1 is 1.11 bits per heavy atom. The molecule has 0 saturated heterocycles. The van der Waals surface area contributed by atoms with Gasteiger partial charge in [-0.1, -0.05) is 12.1 Å². The van der Waals surface area contributed by atoms with E-state index in [4.69, 9.17) is 8.84 Å². The third kappa shape index (κ3) is 3.82. The molecule has 1 heterocycles. The summed E-state index contributed by atoms with van der Waals surface area (Å²) in [4.78, 5) is 4.61. The van der Waals surface area contributed by atoms with E-state index in [2.05, 4.69) is 24.6 Å². The standard InChI is InChI=1S/C15H19NO2Si/c1-12(14-10-7-11-17-14)16-13-8-5-6-9-15(13)18-19(2,3)4/h5-11H,1-4H3. The Hall–Kier alpha value is -1.81. The van der Waals surface area contributed by atoms with Gasteiger partial charge in [0.1, 0.15) is 17.2 Å². The predicted molar refractivity (Wildman–Crippen MR) is 81.0 cm³/mol. The number of hydrogen-bond acceptors (Lipinski definition) is 3. The summed E-state index contributed by atoms with van der Waals surface area (Å²) in [6.07, 6.45) is 1.65. The predicted octanol–water partition coefficient (Wildman–Crippen LogP) is 4.63. The van der Waals surface area contributed by atoms with Crippen molar-refractivity contribution in [2.45, 2.75) is 26.6 Å². The van der Waals surface area contributed by atoms with Crippen molar-refractivity contribution in [2.75, 3.05) is 0 Å². The van der Waals surface area contributed by atoms with Crippen molar-refractivity contribution in [3.05, 3.63) is 48.4 Å². The van der Waals surface area contributed by atoms with Crippen molar-refractivity contribution in [1.82, 2.24) is 0 Å². The fourth-order valence-corrected chi connectivity index (χ4v) is 2.52. The largest absolute Gasteiger partial charge is 0.543 e. The van der Waals surface area contributed by atoms with E-state index >= 15 is 0 Å². The van der Waals surface area contributed by atoms with Crippen LogP contribution in [-0.2, 0) is 0 Å². The molecule has 3 nitrogen and oxygen atoms in total. The molecule has 100 valence electrons. The van der Waals surface area contributed by atoms with Crippen LogP contribution in [-0.4, -0.2) is 14.0 Å². The van der Waals surface area contributed by atoms with E-state index in [0.29, 0.717) is 0 Å². The van der Waals surface area contributed by atoms with Crippen LogP contribution in [0.5, 0.6) is 5.75 Å². The lowest BCUT2D eigenvalue weighted by Crippen LogP contribution is -2.29. The van der Waals surface area contributed by atoms with Gasteiger partial charge in [-0.15, -0.1) is 0 Å². The smallest absolute Gasteiger partial charge is 0.242 e. The summed E-state index contributed by atoms with van der Waals surface area (Å²) in [5.74, 6) is 1.62. The summed E-state index contributed by atoms with van der Waals surface area (Å²) in [6, 6.07) is 11.6. The minimum Gasteiger partial charge on any atom is -0.543 e. The highest BCUT2D eigenvalue weighted by atomic mass is 28.4. The van der Waals surface area contributed by atoms with E-state index < -0.39 is 8.32 Å². The first-order chi connectivity index (χ1) is 8.96. The summed E-state index contributed by atoms with van der Waals surface area (Å²) in [7, 11) is -1.64. The molecule has 1 aromatic heterocycles. The Labute approximate surface area is 115 Å². The van der Waals surface area contributed by atoms with Gasteiger partial charge < -0.3 is 8.84 Å². The van der Waals surface area contributed by atoms with E-state index in [-0.39, 0.29) is 0 Å². The van der Waals surface area contributed by atoms with Gasteiger partial charge in [-0.3, -0.25) is 0 Å². The highest BCUT2D eigenvalue weighted by Gasteiger charge is 2.18. The van der Waals surface area contributed by atoms with Gasteiger partial charge in [-0.25, -0.2) is 4.99 Å². The van der Waals surface area contributed by atoms with Crippen molar-refractivity contribution in [2.24, 2.45) is 4.99 Å². The Balaban J connectivity index is 2.33. The van der Waals surface area contributed by atoms with Gasteiger partial charge in [0.2, 0.25) is 8.32 Å². The molecule has 0 spiro atoms. The molecule has 2 aromatic rings. The van der Waals surface area contributed by atoms with Crippen molar-refractivity contribution in [3.63, 3.8) is 0 Å². The summed E-state index contributed by atoms with van der Waals surface area (Å²) in [5, 5.41) is 0. The van der Waals surface area contributed by atoms with Gasteiger partial charge in [0.05, 0.1) is 12.0 Å². The molecule has 0 aliphatic heterocycles. The fraction of sp³-hybridized carbons (Fsp3) is 0.267. The first-order valence-corrected chi connectivity index (χ1v) is 9.74. The molecule has 0 unspecified atom stereocenters. The van der Waals surface area contributed by atoms with Crippen LogP contribution in [0.15, 0.2) is 52.1 Å². The number of nitrogens with zero attached hydrogens (tertiary/aromatic N) is 1. The number of benzene rings is 1. The number of hydrogen-bond donors (Lipinski definition) is 0. The van der Waals surface area contributed by atoms with Gasteiger partial charge in [0, 0.05) is 0 Å². The van der Waals surface area contributed by atoms with Gasteiger partial charge >= 0.3 is 0 Å². The lowest BCUT2D eigenvalue weighted by molar-refractivity contribution is 0.555. The molecule has 0 amide bonds. The molecule has 0 aliphatic rings. The second-order valence-corrected chi connectivity index (χ2v) is 9.79. The molecule has 0 N–H and O–H groups in total. The molecular formula is C15H19NO2Si. The van der Waals surface area contributed by atoms with Crippen molar-refractivity contribution in [3.8, 4) is 5.75 Å². The van der Waals surface area contributed by atoms with Crippen LogP contribution < -0.4 is 4.43 Å². The van der Waals surface area contributed by atoms with Crippen LogP contribution >= 0.6 is 0 Å². The molecule has 1 aromatic carbocycles. The Morgan fingerprint density at radius 2 is 1.84 bits per heavy atom. The topological polar surface area (TPSA) is 34.7 Å². The molecule has 2 rings (SSSR count). The van der Waals surface area contributed by atoms with Crippen LogP contribution in [0.25, 0.3) is 0 Å². The third-order valence-corrected chi connectivity index (χ3v) is 3.28. The van der Waals surface area contributed by atoms with E-state index in [1.165, 1.54) is 0 Å². The minimum atomic E-state index is -1.64. The number of rotatable bonds is 4. The summed E-state index contributed by atoms with van der Waals surface area (Å²) < 4.78 is 11.4. The van der Waals surface area contributed by atoms with Crippen molar-refractivity contribution in [1.29, 1.82) is 0 Å². The zero-order valence-corrected chi connectivity index (χ0v) is 12.8. The van der Waals surface area contributed by atoms with Gasteiger partial charge in [-0.05, 0) is 50.8 Å². The Bertz CT molecular complexity index is 568. The molecule has 0 aliphatic carbocycles. The highest BCUT2D eigenvalue weighted by molar-refractivity contribution is 6.70. The zero-order chi connectivity index (χ0) is 13.9. The monoisotopic (exact) mass is 273 g/mol. The number of furan rings is 1. The van der Waals surface area contributed by atoms with Crippen molar-refractivity contribution < 1.29 is 8.84 Å². The van der Waals surface area contributed by atoms with Crippen LogP contribution in [0.3, 0.4) is 0 Å². The lowest BCUT2D eigenvalue weighted by atomic mass is 10.2. The molecule has 19 heavy (non-hydrogen) atoms. The summed E-state index contributed by atoms with van der Waals surface area (Å²) in [5.41, 5.74) is 1.69. The quantitative estimate of drug-likeness (QED) is 0.601. The minimum absolute atomic E-state index is 0.780. The molecule has 0 radical (unpaired) electrons. The first kappa shape index (κ1) is 13.6. The number of para-hydroxylation sites is 2. The van der Waals surface area contributed by atoms with Crippen LogP contribution in [0.4, 0.5) is 5.69 Å². The normalized spacial score (nSPS) is 12.5.